The van der Waals surface area contributed by atoms with E-state index >= 15 is 0 Å². The normalized spacial score (nSPS) is 12.4. The summed E-state index contributed by atoms with van der Waals surface area (Å²) in [6, 6.07) is 19.0. The number of rotatable bonds is 12. The minimum Gasteiger partial charge on any atom is -0.365 e. The molecule has 1 atom stereocenters. The number of carbonyl (C=O) groups is 1. The molecular weight excluding hydrogens is 406 g/mol. The molecule has 0 aromatic heterocycles. The maximum Gasteiger partial charge on any atom is 0.237 e. The van der Waals surface area contributed by atoms with E-state index in [4.69, 9.17) is 5.73 Å². The van der Waals surface area contributed by atoms with Gasteiger partial charge in [0.15, 0.2) is 0 Å². The number of aryl methyl sites for hydroxylation is 2. The van der Waals surface area contributed by atoms with Gasteiger partial charge in [0.05, 0.1) is 11.6 Å². The summed E-state index contributed by atoms with van der Waals surface area (Å²) in [4.78, 5) is 15.0. The fraction of sp³-hybridized carbons (Fsp3) is 0.483. The number of benzene rings is 2. The Kier molecular flexibility index (Phi) is 10.2. The van der Waals surface area contributed by atoms with Crippen molar-refractivity contribution < 1.29 is 4.79 Å². The van der Waals surface area contributed by atoms with Crippen molar-refractivity contribution in [2.45, 2.75) is 72.4 Å². The Hall–Kier alpha value is -2.59. The van der Waals surface area contributed by atoms with E-state index in [1.807, 2.05) is 0 Å². The first-order valence-corrected chi connectivity index (χ1v) is 12.1. The van der Waals surface area contributed by atoms with E-state index < -0.39 is 11.6 Å². The summed E-state index contributed by atoms with van der Waals surface area (Å²) in [5.41, 5.74) is 10.8. The Morgan fingerprint density at radius 3 is 2.12 bits per heavy atom. The third-order valence-corrected chi connectivity index (χ3v) is 5.68. The average molecular weight is 450 g/mol. The van der Waals surface area contributed by atoms with Gasteiger partial charge in [-0.15, -0.1) is 0 Å². The summed E-state index contributed by atoms with van der Waals surface area (Å²) in [5.74, 6) is 0.315. The Balaban J connectivity index is 2.08. The first kappa shape index (κ1) is 26.7. The number of carbonyl (C=O) groups excluding carboxylic acids is 1. The third-order valence-electron chi connectivity index (χ3n) is 5.68. The summed E-state index contributed by atoms with van der Waals surface area (Å²) in [7, 11) is 0. The van der Waals surface area contributed by atoms with E-state index in [1.165, 1.54) is 16.7 Å². The molecule has 2 aromatic rings. The van der Waals surface area contributed by atoms with Crippen LogP contribution in [0.1, 0.15) is 59.1 Å². The van der Waals surface area contributed by atoms with Crippen LogP contribution in [0.25, 0.3) is 0 Å². The number of hydrogen-bond acceptors (Lipinski definition) is 3. The molecule has 4 heteroatoms. The minimum absolute atomic E-state index is 0.0767. The number of nitrogens with one attached hydrogen (secondary N) is 1. The van der Waals surface area contributed by atoms with Crippen molar-refractivity contribution in [2.75, 3.05) is 18.0 Å². The number of anilines is 1. The van der Waals surface area contributed by atoms with Crippen molar-refractivity contribution in [2.24, 2.45) is 11.7 Å². The first-order valence-electron chi connectivity index (χ1n) is 12.1. The number of amides is 1. The predicted octanol–water partition coefficient (Wildman–Crippen LogP) is 5.51. The molecule has 0 unspecified atom stereocenters. The molecule has 0 saturated carbocycles. The molecule has 0 aliphatic rings. The third kappa shape index (κ3) is 9.83. The van der Waals surface area contributed by atoms with Gasteiger partial charge in [-0.3, -0.25) is 4.79 Å². The molecule has 0 saturated heterocycles. The van der Waals surface area contributed by atoms with Crippen LogP contribution < -0.4 is 16.0 Å². The number of nitrogens with two attached hydrogens (primary N) is 1. The summed E-state index contributed by atoms with van der Waals surface area (Å²) in [6.45, 7) is 14.0. The summed E-state index contributed by atoms with van der Waals surface area (Å²) in [6.07, 6.45) is 4.98. The van der Waals surface area contributed by atoms with Crippen LogP contribution in [0.15, 0.2) is 66.2 Å². The van der Waals surface area contributed by atoms with Crippen LogP contribution in [0.3, 0.4) is 0 Å². The van der Waals surface area contributed by atoms with Gasteiger partial charge in [-0.25, -0.2) is 0 Å². The minimum atomic E-state index is -0.473. The summed E-state index contributed by atoms with van der Waals surface area (Å²) >= 11 is 0. The van der Waals surface area contributed by atoms with Gasteiger partial charge in [-0.2, -0.15) is 0 Å². The van der Waals surface area contributed by atoms with Crippen LogP contribution >= 0.6 is 0 Å². The number of nitrogens with zero attached hydrogens (tertiary/aromatic N) is 1. The maximum atomic E-state index is 12.6. The fourth-order valence-corrected chi connectivity index (χ4v) is 3.92. The summed E-state index contributed by atoms with van der Waals surface area (Å²) < 4.78 is 0. The van der Waals surface area contributed by atoms with E-state index in [0.717, 1.165) is 25.1 Å². The van der Waals surface area contributed by atoms with Gasteiger partial charge in [0.2, 0.25) is 5.91 Å². The zero-order chi connectivity index (χ0) is 24.4. The average Bonchev–Trinajstić information content (AvgIpc) is 2.75. The van der Waals surface area contributed by atoms with Crippen LogP contribution in [-0.2, 0) is 17.6 Å². The second kappa shape index (κ2) is 12.6. The first-order chi connectivity index (χ1) is 15.6. The molecular formula is C29H43N3O. The van der Waals surface area contributed by atoms with Crippen molar-refractivity contribution >= 4 is 11.6 Å². The summed E-state index contributed by atoms with van der Waals surface area (Å²) in [5, 5.41) is 3.17. The Bertz CT molecular complexity index is 881. The molecule has 0 radical (unpaired) electrons. The topological polar surface area (TPSA) is 58.4 Å². The lowest BCUT2D eigenvalue weighted by molar-refractivity contribution is -0.124. The quantitative estimate of drug-likeness (QED) is 0.420. The lowest BCUT2D eigenvalue weighted by Crippen LogP contribution is -2.55. The van der Waals surface area contributed by atoms with Gasteiger partial charge in [0.25, 0.3) is 0 Å². The Morgan fingerprint density at radius 2 is 1.58 bits per heavy atom. The van der Waals surface area contributed by atoms with Crippen LogP contribution in [0.2, 0.25) is 0 Å². The monoisotopic (exact) mass is 449 g/mol. The highest BCUT2D eigenvalue weighted by molar-refractivity contribution is 5.82. The van der Waals surface area contributed by atoms with Crippen molar-refractivity contribution in [3.63, 3.8) is 0 Å². The standard InChI is InChI=1S/C29H43N3O/c1-22(2)18-19-32(21-29(5,6)31-28(33)27(30)20-23(3)4)26-16-14-25(15-17-26)13-12-24-10-8-7-9-11-24/h7-11,14-18,23,27H,12-13,19-21,30H2,1-6H3,(H,31,33)/t27-/m0/s1. The molecule has 0 bridgehead atoms. The molecule has 0 fully saturated rings. The molecule has 0 aliphatic heterocycles. The van der Waals surface area contributed by atoms with Crippen molar-refractivity contribution in [3.05, 3.63) is 77.4 Å². The van der Waals surface area contributed by atoms with Gasteiger partial charge in [-0.1, -0.05) is 68.0 Å². The van der Waals surface area contributed by atoms with E-state index in [-0.39, 0.29) is 5.91 Å². The molecule has 2 rings (SSSR count). The Labute approximate surface area is 201 Å². The molecule has 33 heavy (non-hydrogen) atoms. The van der Waals surface area contributed by atoms with Gasteiger partial charge in [0, 0.05) is 18.8 Å². The maximum absolute atomic E-state index is 12.6. The van der Waals surface area contributed by atoms with Gasteiger partial charge in [0.1, 0.15) is 0 Å². The zero-order valence-electron chi connectivity index (χ0n) is 21.4. The van der Waals surface area contributed by atoms with Crippen LogP contribution in [0.5, 0.6) is 0 Å². The van der Waals surface area contributed by atoms with Crippen molar-refractivity contribution in [1.29, 1.82) is 0 Å². The second-order valence-corrected chi connectivity index (χ2v) is 10.4. The highest BCUT2D eigenvalue weighted by Gasteiger charge is 2.26. The van der Waals surface area contributed by atoms with Gasteiger partial charge >= 0.3 is 0 Å². The van der Waals surface area contributed by atoms with Crippen LogP contribution in [0, 0.1) is 5.92 Å². The van der Waals surface area contributed by atoms with Crippen molar-refractivity contribution in [1.82, 2.24) is 5.32 Å². The highest BCUT2D eigenvalue weighted by Crippen LogP contribution is 2.20. The van der Waals surface area contributed by atoms with E-state index in [2.05, 4.69) is 112 Å². The van der Waals surface area contributed by atoms with Gasteiger partial charge in [-0.05, 0) is 76.1 Å². The fourth-order valence-electron chi connectivity index (χ4n) is 3.92. The number of allylic oxidation sites excluding steroid dienone is 1. The highest BCUT2D eigenvalue weighted by atomic mass is 16.2. The van der Waals surface area contributed by atoms with E-state index in [9.17, 15) is 4.79 Å². The molecule has 3 N–H and O–H groups in total. The predicted molar refractivity (Wildman–Crippen MR) is 142 cm³/mol. The largest absolute Gasteiger partial charge is 0.365 e. The molecule has 0 aliphatic carbocycles. The second-order valence-electron chi connectivity index (χ2n) is 10.4. The molecule has 2 aromatic carbocycles. The smallest absolute Gasteiger partial charge is 0.237 e. The SMILES string of the molecule is CC(C)=CCN(CC(C)(C)NC(=O)[C@@H](N)CC(C)C)c1ccc(CCc2ccccc2)cc1. The Morgan fingerprint density at radius 1 is 1.00 bits per heavy atom. The molecule has 1 amide bonds. The lowest BCUT2D eigenvalue weighted by atomic mass is 9.99. The molecule has 0 heterocycles. The molecule has 4 nitrogen and oxygen atoms in total. The molecule has 0 spiro atoms. The van der Waals surface area contributed by atoms with Crippen LogP contribution in [-0.4, -0.2) is 30.6 Å². The van der Waals surface area contributed by atoms with Gasteiger partial charge < -0.3 is 16.0 Å². The number of hydrogen-bond donors (Lipinski definition) is 2. The lowest BCUT2D eigenvalue weighted by Gasteiger charge is -2.35. The van der Waals surface area contributed by atoms with Crippen molar-refractivity contribution in [3.8, 4) is 0 Å². The van der Waals surface area contributed by atoms with Crippen LogP contribution in [0.4, 0.5) is 5.69 Å². The zero-order valence-corrected chi connectivity index (χ0v) is 21.4. The van der Waals surface area contributed by atoms with E-state index in [1.54, 1.807) is 0 Å². The van der Waals surface area contributed by atoms with E-state index in [0.29, 0.717) is 18.9 Å². The molecule has 180 valence electrons.